The molecule has 2 rings (SSSR count). The van der Waals surface area contributed by atoms with Gasteiger partial charge in [0.2, 0.25) is 5.91 Å². The SMILES string of the molecule is C[C@H](CC(=O)N1CC[C@H](C(=O)O)C1)S(=O)(=O)c1ccc(F)cc1. The van der Waals surface area contributed by atoms with Gasteiger partial charge in [0.25, 0.3) is 0 Å². The van der Waals surface area contributed by atoms with Gasteiger partial charge in [-0.05, 0) is 37.6 Å². The number of carbonyl (C=O) groups excluding carboxylic acids is 1. The highest BCUT2D eigenvalue weighted by atomic mass is 32.2. The van der Waals surface area contributed by atoms with Gasteiger partial charge in [0, 0.05) is 19.5 Å². The van der Waals surface area contributed by atoms with E-state index in [-0.39, 0.29) is 23.8 Å². The number of halogens is 1. The van der Waals surface area contributed by atoms with E-state index < -0.39 is 32.8 Å². The number of sulfone groups is 1. The van der Waals surface area contributed by atoms with Crippen LogP contribution in [0.5, 0.6) is 0 Å². The largest absolute Gasteiger partial charge is 0.481 e. The normalized spacial score (nSPS) is 19.6. The van der Waals surface area contributed by atoms with Crippen molar-refractivity contribution in [2.24, 2.45) is 5.92 Å². The van der Waals surface area contributed by atoms with Crippen molar-refractivity contribution in [3.63, 3.8) is 0 Å². The fraction of sp³-hybridized carbons (Fsp3) is 0.467. The minimum atomic E-state index is -3.74. The summed E-state index contributed by atoms with van der Waals surface area (Å²) in [4.78, 5) is 24.4. The number of likely N-dealkylation sites (tertiary alicyclic amines) is 1. The van der Waals surface area contributed by atoms with Crippen LogP contribution < -0.4 is 0 Å². The molecule has 1 aliphatic heterocycles. The topological polar surface area (TPSA) is 91.8 Å². The average molecular weight is 343 g/mol. The van der Waals surface area contributed by atoms with E-state index in [0.29, 0.717) is 13.0 Å². The number of hydrogen-bond acceptors (Lipinski definition) is 4. The van der Waals surface area contributed by atoms with Crippen molar-refractivity contribution in [2.75, 3.05) is 13.1 Å². The van der Waals surface area contributed by atoms with Gasteiger partial charge in [-0.2, -0.15) is 0 Å². The Hall–Kier alpha value is -1.96. The van der Waals surface area contributed by atoms with Crippen molar-refractivity contribution in [1.82, 2.24) is 4.90 Å². The molecule has 0 saturated carbocycles. The second-order valence-corrected chi connectivity index (χ2v) is 8.04. The van der Waals surface area contributed by atoms with Crippen LogP contribution in [0.4, 0.5) is 4.39 Å². The second-order valence-electron chi connectivity index (χ2n) is 5.68. The van der Waals surface area contributed by atoms with Crippen LogP contribution >= 0.6 is 0 Å². The molecule has 6 nitrogen and oxygen atoms in total. The Balaban J connectivity index is 2.03. The van der Waals surface area contributed by atoms with Crippen LogP contribution in [0, 0.1) is 11.7 Å². The first-order valence-electron chi connectivity index (χ1n) is 7.22. The van der Waals surface area contributed by atoms with Crippen molar-refractivity contribution in [2.45, 2.75) is 29.9 Å². The number of carbonyl (C=O) groups is 2. The molecule has 8 heteroatoms. The first-order valence-corrected chi connectivity index (χ1v) is 8.76. The molecule has 1 heterocycles. The monoisotopic (exact) mass is 343 g/mol. The van der Waals surface area contributed by atoms with Gasteiger partial charge < -0.3 is 10.0 Å². The summed E-state index contributed by atoms with van der Waals surface area (Å²) < 4.78 is 37.6. The summed E-state index contributed by atoms with van der Waals surface area (Å²) in [6, 6.07) is 4.45. The lowest BCUT2D eigenvalue weighted by molar-refractivity contribution is -0.141. The highest BCUT2D eigenvalue weighted by Crippen LogP contribution is 2.22. The molecule has 1 amide bonds. The van der Waals surface area contributed by atoms with Crippen molar-refractivity contribution < 1.29 is 27.5 Å². The third kappa shape index (κ3) is 3.87. The third-order valence-corrected chi connectivity index (χ3v) is 6.18. The maximum atomic E-state index is 12.9. The smallest absolute Gasteiger partial charge is 0.308 e. The summed E-state index contributed by atoms with van der Waals surface area (Å²) in [5.74, 6) is -2.47. The summed E-state index contributed by atoms with van der Waals surface area (Å²) in [6.45, 7) is 1.85. The highest BCUT2D eigenvalue weighted by Gasteiger charge is 2.33. The van der Waals surface area contributed by atoms with E-state index in [1.807, 2.05) is 0 Å². The molecule has 23 heavy (non-hydrogen) atoms. The van der Waals surface area contributed by atoms with Gasteiger partial charge in [0.15, 0.2) is 9.84 Å². The van der Waals surface area contributed by atoms with Gasteiger partial charge in [0.05, 0.1) is 16.1 Å². The maximum Gasteiger partial charge on any atom is 0.308 e. The molecule has 0 unspecified atom stereocenters. The molecular weight excluding hydrogens is 325 g/mol. The predicted molar refractivity (Wildman–Crippen MR) is 80.0 cm³/mol. The Bertz CT molecular complexity index is 701. The van der Waals surface area contributed by atoms with E-state index in [0.717, 1.165) is 12.1 Å². The minimum absolute atomic E-state index is 0.0379. The Morgan fingerprint density at radius 3 is 2.48 bits per heavy atom. The Morgan fingerprint density at radius 2 is 1.96 bits per heavy atom. The molecule has 0 bridgehead atoms. The van der Waals surface area contributed by atoms with Gasteiger partial charge in [-0.1, -0.05) is 0 Å². The molecule has 1 aliphatic rings. The maximum absolute atomic E-state index is 12.9. The summed E-state index contributed by atoms with van der Waals surface area (Å²) in [7, 11) is -3.74. The Kier molecular flexibility index (Phi) is 5.03. The number of aliphatic carboxylic acids is 1. The highest BCUT2D eigenvalue weighted by molar-refractivity contribution is 7.92. The zero-order valence-electron chi connectivity index (χ0n) is 12.6. The number of rotatable bonds is 5. The van der Waals surface area contributed by atoms with Crippen molar-refractivity contribution in [3.05, 3.63) is 30.1 Å². The van der Waals surface area contributed by atoms with E-state index in [2.05, 4.69) is 0 Å². The standard InChI is InChI=1S/C15H18FNO5S/c1-10(23(21,22)13-4-2-12(16)3-5-13)8-14(18)17-7-6-11(9-17)15(19)20/h2-5,10-11H,6-9H2,1H3,(H,19,20)/t10-,11+/m1/s1. The molecule has 1 aromatic rings. The average Bonchev–Trinajstić information content (AvgIpc) is 2.97. The molecule has 1 N–H and O–H groups in total. The Labute approximate surface area is 133 Å². The minimum Gasteiger partial charge on any atom is -0.481 e. The van der Waals surface area contributed by atoms with E-state index in [4.69, 9.17) is 5.11 Å². The summed E-state index contributed by atoms with van der Waals surface area (Å²) in [6.07, 6.45) is 0.145. The van der Waals surface area contributed by atoms with Crippen LogP contribution in [0.25, 0.3) is 0 Å². The number of hydrogen-bond donors (Lipinski definition) is 1. The fourth-order valence-electron chi connectivity index (χ4n) is 2.53. The lowest BCUT2D eigenvalue weighted by Crippen LogP contribution is -2.33. The number of amides is 1. The van der Waals surface area contributed by atoms with Gasteiger partial charge in [-0.25, -0.2) is 12.8 Å². The van der Waals surface area contributed by atoms with Crippen molar-refractivity contribution in [1.29, 1.82) is 0 Å². The van der Waals surface area contributed by atoms with Gasteiger partial charge in [0.1, 0.15) is 5.82 Å². The molecule has 1 aromatic carbocycles. The van der Waals surface area contributed by atoms with E-state index in [9.17, 15) is 22.4 Å². The number of carboxylic acids is 1. The lowest BCUT2D eigenvalue weighted by atomic mass is 10.1. The number of nitrogens with zero attached hydrogens (tertiary/aromatic N) is 1. The van der Waals surface area contributed by atoms with E-state index >= 15 is 0 Å². The number of carboxylic acid groups (broad SMARTS) is 1. The zero-order valence-corrected chi connectivity index (χ0v) is 13.4. The van der Waals surface area contributed by atoms with Crippen LogP contribution in [0.2, 0.25) is 0 Å². The van der Waals surface area contributed by atoms with E-state index in [1.165, 1.54) is 24.0 Å². The summed E-state index contributed by atoms with van der Waals surface area (Å²) >= 11 is 0. The van der Waals surface area contributed by atoms with Crippen LogP contribution in [-0.2, 0) is 19.4 Å². The first kappa shape index (κ1) is 17.4. The molecule has 0 radical (unpaired) electrons. The summed E-state index contributed by atoms with van der Waals surface area (Å²) in [5, 5.41) is 7.96. The quantitative estimate of drug-likeness (QED) is 0.814. The molecule has 0 aromatic heterocycles. The molecule has 1 saturated heterocycles. The van der Waals surface area contributed by atoms with Crippen molar-refractivity contribution >= 4 is 21.7 Å². The van der Waals surface area contributed by atoms with Gasteiger partial charge in [-0.15, -0.1) is 0 Å². The number of benzene rings is 1. The Morgan fingerprint density at radius 1 is 1.35 bits per heavy atom. The van der Waals surface area contributed by atoms with Crippen molar-refractivity contribution in [3.8, 4) is 0 Å². The zero-order chi connectivity index (χ0) is 17.2. The molecule has 0 spiro atoms. The molecule has 1 fully saturated rings. The van der Waals surface area contributed by atoms with Gasteiger partial charge in [-0.3, -0.25) is 9.59 Å². The second kappa shape index (κ2) is 6.66. The van der Waals surface area contributed by atoms with Crippen LogP contribution in [0.15, 0.2) is 29.2 Å². The van der Waals surface area contributed by atoms with Crippen LogP contribution in [0.1, 0.15) is 19.8 Å². The van der Waals surface area contributed by atoms with Crippen LogP contribution in [0.3, 0.4) is 0 Å². The predicted octanol–water partition coefficient (Wildman–Crippen LogP) is 1.31. The lowest BCUT2D eigenvalue weighted by Gasteiger charge is -2.19. The molecule has 126 valence electrons. The molecule has 2 atom stereocenters. The molecular formula is C15H18FNO5S. The molecule has 0 aliphatic carbocycles. The van der Waals surface area contributed by atoms with Crippen LogP contribution in [-0.4, -0.2) is 48.6 Å². The van der Waals surface area contributed by atoms with E-state index in [1.54, 1.807) is 0 Å². The fourth-order valence-corrected chi connectivity index (χ4v) is 3.87. The van der Waals surface area contributed by atoms with Gasteiger partial charge >= 0.3 is 5.97 Å². The third-order valence-electron chi connectivity index (χ3n) is 4.02. The first-order chi connectivity index (χ1) is 10.7. The summed E-state index contributed by atoms with van der Waals surface area (Å²) in [5.41, 5.74) is 0.